The zero-order valence-corrected chi connectivity index (χ0v) is 21.3. The topological polar surface area (TPSA) is 78.4 Å². The highest BCUT2D eigenvalue weighted by Gasteiger charge is 2.38. The number of likely N-dealkylation sites (N-methyl/N-ethyl adjacent to an activating group) is 1. The molecule has 1 aromatic carbocycles. The summed E-state index contributed by atoms with van der Waals surface area (Å²) < 4.78 is 57.6. The number of rotatable bonds is 8. The van der Waals surface area contributed by atoms with Gasteiger partial charge in [-0.1, -0.05) is 32.1 Å². The van der Waals surface area contributed by atoms with Crippen molar-refractivity contribution < 1.29 is 17.2 Å². The molecule has 10 heteroatoms. The summed E-state index contributed by atoms with van der Waals surface area (Å²) in [6, 6.07) is 3.57. The highest BCUT2D eigenvalue weighted by Crippen LogP contribution is 2.37. The Hall–Kier alpha value is -2.33. The predicted molar refractivity (Wildman–Crippen MR) is 133 cm³/mol. The maximum absolute atomic E-state index is 15.1. The lowest BCUT2D eigenvalue weighted by Gasteiger charge is -2.48. The molecule has 0 radical (unpaired) electrons. The number of hydrogen-bond acceptors (Lipinski definition) is 6. The lowest BCUT2D eigenvalue weighted by Crippen LogP contribution is -2.56. The van der Waals surface area contributed by atoms with Crippen LogP contribution in [0, 0.1) is 17.6 Å². The fourth-order valence-electron chi connectivity index (χ4n) is 5.60. The van der Waals surface area contributed by atoms with Crippen molar-refractivity contribution in [2.75, 3.05) is 36.8 Å². The van der Waals surface area contributed by atoms with E-state index in [4.69, 9.17) is 0 Å². The zero-order valence-electron chi connectivity index (χ0n) is 20.5. The fourth-order valence-corrected chi connectivity index (χ4v) is 6.73. The van der Waals surface area contributed by atoms with Crippen LogP contribution in [0.2, 0.25) is 0 Å². The Bertz CT molecular complexity index is 1090. The van der Waals surface area contributed by atoms with Crippen molar-refractivity contribution in [3.8, 4) is 0 Å². The van der Waals surface area contributed by atoms with Gasteiger partial charge in [-0.15, -0.1) is 0 Å². The van der Waals surface area contributed by atoms with Gasteiger partial charge in [0.25, 0.3) is 10.0 Å². The first-order chi connectivity index (χ1) is 16.7. The van der Waals surface area contributed by atoms with Gasteiger partial charge in [0.2, 0.25) is 0 Å². The Morgan fingerprint density at radius 1 is 1.14 bits per heavy atom. The molecule has 1 saturated carbocycles. The van der Waals surface area contributed by atoms with E-state index in [9.17, 15) is 8.42 Å². The number of nitrogens with zero attached hydrogens (tertiary/aromatic N) is 4. The summed E-state index contributed by atoms with van der Waals surface area (Å²) in [6.45, 7) is 1.32. The minimum Gasteiger partial charge on any atom is -0.370 e. The molecule has 1 N–H and O–H groups in total. The number of benzene rings is 1. The monoisotopic (exact) mass is 507 g/mol. The Kier molecular flexibility index (Phi) is 7.90. The summed E-state index contributed by atoms with van der Waals surface area (Å²) in [4.78, 5) is 10.7. The second-order valence-electron chi connectivity index (χ2n) is 10.1. The van der Waals surface area contributed by atoms with Gasteiger partial charge in [0.15, 0.2) is 4.90 Å². The lowest BCUT2D eigenvalue weighted by molar-refractivity contribution is 0.103. The van der Waals surface area contributed by atoms with E-state index in [1.54, 1.807) is 0 Å². The van der Waals surface area contributed by atoms with E-state index in [2.05, 4.69) is 33.7 Å². The molecular formula is C25H35F2N5O2S. The quantitative estimate of drug-likeness (QED) is 0.552. The van der Waals surface area contributed by atoms with Crippen LogP contribution in [-0.2, 0) is 10.0 Å². The second kappa shape index (κ2) is 10.7. The minimum absolute atomic E-state index is 0.0624. The number of sulfonamides is 1. The van der Waals surface area contributed by atoms with Crippen molar-refractivity contribution in [3.05, 3.63) is 42.4 Å². The molecule has 1 aromatic heterocycles. The van der Waals surface area contributed by atoms with Gasteiger partial charge >= 0.3 is 0 Å². The van der Waals surface area contributed by atoms with E-state index < -0.39 is 26.6 Å². The fraction of sp³-hybridized carbons (Fsp3) is 0.600. The standard InChI is InChI=1S/C25H35F2N5O2S/c1-31(2)25(12-9-19-7-4-3-5-8-19)11-6-14-32(17-25)20-15-21(26)24(22(27)16-20)35(33,34)30-23-10-13-28-18-29-23/h10,13,15-16,18-19H,3-9,11-12,14,17H2,1-2H3,(H,28,29,30)/t25-/m1/s1. The van der Waals surface area contributed by atoms with Crippen LogP contribution in [0.25, 0.3) is 0 Å². The molecule has 1 atom stereocenters. The number of anilines is 2. The van der Waals surface area contributed by atoms with Crippen LogP contribution < -0.4 is 9.62 Å². The number of piperidine rings is 1. The van der Waals surface area contributed by atoms with Crippen LogP contribution in [0.4, 0.5) is 20.3 Å². The summed E-state index contributed by atoms with van der Waals surface area (Å²) in [5.74, 6) is -1.54. The third kappa shape index (κ3) is 5.91. The summed E-state index contributed by atoms with van der Waals surface area (Å²) in [7, 11) is -0.330. The van der Waals surface area contributed by atoms with Gasteiger partial charge in [0.05, 0.1) is 0 Å². The molecule has 2 aromatic rings. The molecule has 0 amide bonds. The molecule has 35 heavy (non-hydrogen) atoms. The normalized spacial score (nSPS) is 21.9. The Morgan fingerprint density at radius 2 is 1.86 bits per heavy atom. The molecular weight excluding hydrogens is 472 g/mol. The van der Waals surface area contributed by atoms with Gasteiger partial charge in [-0.25, -0.2) is 27.2 Å². The molecule has 2 heterocycles. The molecule has 4 rings (SSSR count). The highest BCUT2D eigenvalue weighted by molar-refractivity contribution is 7.92. The molecule has 1 aliphatic heterocycles. The van der Waals surface area contributed by atoms with Crippen LogP contribution in [0.1, 0.15) is 57.8 Å². The molecule has 1 aliphatic carbocycles. The second-order valence-corrected chi connectivity index (χ2v) is 11.7. The third-order valence-electron chi connectivity index (χ3n) is 7.68. The first-order valence-corrected chi connectivity index (χ1v) is 13.9. The van der Waals surface area contributed by atoms with E-state index in [0.29, 0.717) is 18.8 Å². The van der Waals surface area contributed by atoms with Gasteiger partial charge in [-0.05, 0) is 63.9 Å². The molecule has 2 fully saturated rings. The Morgan fingerprint density at radius 3 is 2.49 bits per heavy atom. The smallest absolute Gasteiger partial charge is 0.268 e. The van der Waals surface area contributed by atoms with E-state index in [1.807, 2.05) is 4.90 Å². The first-order valence-electron chi connectivity index (χ1n) is 12.4. The van der Waals surface area contributed by atoms with Crippen molar-refractivity contribution in [2.45, 2.75) is 68.2 Å². The van der Waals surface area contributed by atoms with Crippen LogP contribution >= 0.6 is 0 Å². The SMILES string of the molecule is CN(C)[C@@]1(CCC2CCCCC2)CCCN(c2cc(F)c(S(=O)(=O)Nc3ccncn3)c(F)c2)C1. The predicted octanol–water partition coefficient (Wildman–Crippen LogP) is 4.82. The van der Waals surface area contributed by atoms with Crippen LogP contribution in [-0.4, -0.2) is 56.0 Å². The Balaban J connectivity index is 1.54. The van der Waals surface area contributed by atoms with Crippen molar-refractivity contribution >= 4 is 21.5 Å². The summed E-state index contributed by atoms with van der Waals surface area (Å²) >= 11 is 0. The first kappa shape index (κ1) is 25.8. The Labute approximate surface area is 207 Å². The van der Waals surface area contributed by atoms with E-state index in [0.717, 1.165) is 43.6 Å². The molecule has 7 nitrogen and oxygen atoms in total. The van der Waals surface area contributed by atoms with E-state index >= 15 is 8.78 Å². The van der Waals surface area contributed by atoms with E-state index in [-0.39, 0.29) is 11.4 Å². The van der Waals surface area contributed by atoms with Gasteiger partial charge < -0.3 is 9.80 Å². The van der Waals surface area contributed by atoms with Crippen LogP contribution in [0.5, 0.6) is 0 Å². The molecule has 0 unspecified atom stereocenters. The van der Waals surface area contributed by atoms with Gasteiger partial charge in [-0.2, -0.15) is 0 Å². The number of nitrogens with one attached hydrogen (secondary N) is 1. The van der Waals surface area contributed by atoms with Gasteiger partial charge in [-0.3, -0.25) is 4.72 Å². The van der Waals surface area contributed by atoms with Crippen LogP contribution in [0.15, 0.2) is 35.6 Å². The van der Waals surface area contributed by atoms with Gasteiger partial charge in [0.1, 0.15) is 23.8 Å². The average molecular weight is 508 g/mol. The van der Waals surface area contributed by atoms with Crippen LogP contribution in [0.3, 0.4) is 0 Å². The average Bonchev–Trinajstić information content (AvgIpc) is 2.83. The highest BCUT2D eigenvalue weighted by atomic mass is 32.2. The van der Waals surface area contributed by atoms with Crippen molar-refractivity contribution in [1.29, 1.82) is 0 Å². The molecule has 0 spiro atoms. The molecule has 192 valence electrons. The van der Waals surface area contributed by atoms with Crippen molar-refractivity contribution in [1.82, 2.24) is 14.9 Å². The summed E-state index contributed by atoms with van der Waals surface area (Å²) in [5, 5.41) is 0. The maximum atomic E-state index is 15.1. The van der Waals surface area contributed by atoms with Crippen molar-refractivity contribution in [2.24, 2.45) is 5.92 Å². The number of hydrogen-bond donors (Lipinski definition) is 1. The van der Waals surface area contributed by atoms with Crippen molar-refractivity contribution in [3.63, 3.8) is 0 Å². The minimum atomic E-state index is -4.50. The number of halogens is 2. The summed E-state index contributed by atoms with van der Waals surface area (Å²) in [6.07, 6.45) is 13.2. The lowest BCUT2D eigenvalue weighted by atomic mass is 9.78. The summed E-state index contributed by atoms with van der Waals surface area (Å²) in [5.41, 5.74) is 0.284. The maximum Gasteiger partial charge on any atom is 0.268 e. The largest absolute Gasteiger partial charge is 0.370 e. The van der Waals surface area contributed by atoms with Gasteiger partial charge in [0, 0.05) is 30.5 Å². The molecule has 0 bridgehead atoms. The zero-order chi connectivity index (χ0) is 25.1. The molecule has 2 aliphatic rings. The third-order valence-corrected chi connectivity index (χ3v) is 9.09. The van der Waals surface area contributed by atoms with E-state index in [1.165, 1.54) is 50.8 Å². The molecule has 1 saturated heterocycles. The number of aromatic nitrogens is 2.